The van der Waals surface area contributed by atoms with Crippen LogP contribution in [0.25, 0.3) is 0 Å². The highest BCUT2D eigenvalue weighted by molar-refractivity contribution is 5.79. The van der Waals surface area contributed by atoms with Gasteiger partial charge in [0.05, 0.1) is 25.2 Å². The maximum atomic E-state index is 12.9. The third-order valence-electron chi connectivity index (χ3n) is 4.48. The Morgan fingerprint density at radius 2 is 2.32 bits per heavy atom. The molecule has 1 fully saturated rings. The van der Waals surface area contributed by atoms with E-state index in [1.54, 1.807) is 19.5 Å². The van der Waals surface area contributed by atoms with Gasteiger partial charge in [-0.1, -0.05) is 19.1 Å². The van der Waals surface area contributed by atoms with Gasteiger partial charge in [0.2, 0.25) is 5.91 Å². The van der Waals surface area contributed by atoms with Gasteiger partial charge < -0.3 is 19.4 Å². The number of aromatic nitrogens is 2. The summed E-state index contributed by atoms with van der Waals surface area (Å²) in [6, 6.07) is 7.69. The largest absolute Gasteiger partial charge is 0.494 e. The van der Waals surface area contributed by atoms with Crippen molar-refractivity contribution >= 4 is 5.91 Å². The van der Waals surface area contributed by atoms with E-state index >= 15 is 0 Å². The third-order valence-corrected chi connectivity index (χ3v) is 4.48. The minimum Gasteiger partial charge on any atom is -0.494 e. The number of likely N-dealkylation sites (tertiary alicyclic amines) is 1. The number of hydrogen-bond acceptors (Lipinski definition) is 4. The van der Waals surface area contributed by atoms with E-state index in [9.17, 15) is 4.79 Å². The number of hydrogen-bond donors (Lipinski definition) is 1. The second kappa shape index (κ2) is 8.16. The second-order valence-electron chi connectivity index (χ2n) is 6.30. The fourth-order valence-corrected chi connectivity index (χ4v) is 3.20. The zero-order valence-electron chi connectivity index (χ0n) is 14.8. The first kappa shape index (κ1) is 17.5. The average molecular weight is 343 g/mol. The van der Waals surface area contributed by atoms with Crippen molar-refractivity contribution in [3.63, 3.8) is 0 Å². The van der Waals surface area contributed by atoms with Crippen molar-refractivity contribution in [1.82, 2.24) is 14.9 Å². The van der Waals surface area contributed by atoms with Gasteiger partial charge in [0.15, 0.2) is 0 Å². The van der Waals surface area contributed by atoms with E-state index in [-0.39, 0.29) is 18.1 Å². The van der Waals surface area contributed by atoms with Crippen molar-refractivity contribution in [2.24, 2.45) is 0 Å². The average Bonchev–Trinajstić information content (AvgIpc) is 3.29. The molecule has 6 heteroatoms. The van der Waals surface area contributed by atoms with Crippen LogP contribution in [-0.2, 0) is 16.0 Å². The van der Waals surface area contributed by atoms with Crippen LogP contribution in [0.3, 0.4) is 0 Å². The molecule has 1 aliphatic heterocycles. The Labute approximate surface area is 148 Å². The molecule has 1 aliphatic rings. The van der Waals surface area contributed by atoms with Crippen LogP contribution in [0.1, 0.15) is 37.2 Å². The van der Waals surface area contributed by atoms with Crippen molar-refractivity contribution in [2.45, 2.75) is 38.3 Å². The standard InChI is InChI=1S/C19H25N3O3/c1-3-9-25-15-6-4-5-14(10-15)11-18(23)22-13-16(24-2)12-17(22)19-20-7-8-21-19/h4-8,10,16-17H,3,9,11-13H2,1-2H3,(H,20,21)/t16-,17?/m1/s1. The van der Waals surface area contributed by atoms with Crippen molar-refractivity contribution in [1.29, 1.82) is 0 Å². The summed E-state index contributed by atoms with van der Waals surface area (Å²) >= 11 is 0. The number of ether oxygens (including phenoxy) is 2. The van der Waals surface area contributed by atoms with Crippen LogP contribution in [-0.4, -0.2) is 47.1 Å². The molecule has 1 aromatic heterocycles. The topological polar surface area (TPSA) is 67.4 Å². The van der Waals surface area contributed by atoms with Gasteiger partial charge >= 0.3 is 0 Å². The van der Waals surface area contributed by atoms with Crippen LogP contribution in [0, 0.1) is 0 Å². The summed E-state index contributed by atoms with van der Waals surface area (Å²) in [6.45, 7) is 3.34. The molecule has 134 valence electrons. The van der Waals surface area contributed by atoms with Gasteiger partial charge in [-0.2, -0.15) is 0 Å². The molecule has 1 aromatic carbocycles. The van der Waals surface area contributed by atoms with Crippen molar-refractivity contribution in [3.05, 3.63) is 48.0 Å². The highest BCUT2D eigenvalue weighted by atomic mass is 16.5. The van der Waals surface area contributed by atoms with E-state index in [0.717, 1.165) is 30.0 Å². The summed E-state index contributed by atoms with van der Waals surface area (Å²) < 4.78 is 11.1. The van der Waals surface area contributed by atoms with Crippen LogP contribution < -0.4 is 4.74 Å². The first-order valence-corrected chi connectivity index (χ1v) is 8.74. The number of nitrogens with one attached hydrogen (secondary N) is 1. The minimum absolute atomic E-state index is 0.0401. The third kappa shape index (κ3) is 4.20. The highest BCUT2D eigenvalue weighted by Gasteiger charge is 2.37. The van der Waals surface area contributed by atoms with Crippen LogP contribution >= 0.6 is 0 Å². The molecule has 0 radical (unpaired) electrons. The Morgan fingerprint density at radius 1 is 1.44 bits per heavy atom. The Balaban J connectivity index is 1.71. The van der Waals surface area contributed by atoms with Gasteiger partial charge in [-0.3, -0.25) is 4.79 Å². The normalized spacial score (nSPS) is 20.0. The van der Waals surface area contributed by atoms with Gasteiger partial charge in [0.25, 0.3) is 0 Å². The summed E-state index contributed by atoms with van der Waals surface area (Å²) in [5.41, 5.74) is 0.956. The number of aromatic amines is 1. The van der Waals surface area contributed by atoms with E-state index in [2.05, 4.69) is 16.9 Å². The Kier molecular flexibility index (Phi) is 5.71. The first-order valence-electron chi connectivity index (χ1n) is 8.74. The maximum Gasteiger partial charge on any atom is 0.227 e. The Bertz CT molecular complexity index is 687. The number of nitrogens with zero attached hydrogens (tertiary/aromatic N) is 2. The summed E-state index contributed by atoms with van der Waals surface area (Å²) in [7, 11) is 1.69. The van der Waals surface area contributed by atoms with Crippen LogP contribution in [0.5, 0.6) is 5.75 Å². The van der Waals surface area contributed by atoms with Gasteiger partial charge in [0.1, 0.15) is 11.6 Å². The van der Waals surface area contributed by atoms with Crippen LogP contribution in [0.15, 0.2) is 36.7 Å². The molecule has 2 atom stereocenters. The summed E-state index contributed by atoms with van der Waals surface area (Å²) in [5.74, 6) is 1.70. The molecule has 2 heterocycles. The predicted octanol–water partition coefficient (Wildman–Crippen LogP) is 2.73. The molecule has 0 spiro atoms. The number of benzene rings is 1. The monoisotopic (exact) mass is 343 g/mol. The van der Waals surface area contributed by atoms with Crippen molar-refractivity contribution < 1.29 is 14.3 Å². The maximum absolute atomic E-state index is 12.9. The summed E-state index contributed by atoms with van der Waals surface area (Å²) in [4.78, 5) is 22.2. The fraction of sp³-hybridized carbons (Fsp3) is 0.474. The zero-order valence-corrected chi connectivity index (χ0v) is 14.8. The quantitative estimate of drug-likeness (QED) is 0.839. The summed E-state index contributed by atoms with van der Waals surface area (Å²) in [6.07, 6.45) is 5.60. The number of carbonyl (C=O) groups is 1. The van der Waals surface area contributed by atoms with E-state index in [1.165, 1.54) is 0 Å². The molecular formula is C19H25N3O3. The lowest BCUT2D eigenvalue weighted by Gasteiger charge is -2.23. The number of imidazole rings is 1. The van der Waals surface area contributed by atoms with Crippen molar-refractivity contribution in [2.75, 3.05) is 20.3 Å². The van der Waals surface area contributed by atoms with Gasteiger partial charge in [0, 0.05) is 32.5 Å². The lowest BCUT2D eigenvalue weighted by molar-refractivity contribution is -0.131. The molecule has 6 nitrogen and oxygen atoms in total. The van der Waals surface area contributed by atoms with E-state index in [0.29, 0.717) is 19.6 Å². The predicted molar refractivity (Wildman–Crippen MR) is 94.4 cm³/mol. The van der Waals surface area contributed by atoms with E-state index in [4.69, 9.17) is 9.47 Å². The van der Waals surface area contributed by atoms with E-state index in [1.807, 2.05) is 29.2 Å². The summed E-state index contributed by atoms with van der Waals surface area (Å²) in [5, 5.41) is 0. The smallest absolute Gasteiger partial charge is 0.227 e. The number of amides is 1. The van der Waals surface area contributed by atoms with Gasteiger partial charge in [-0.05, 0) is 24.1 Å². The lowest BCUT2D eigenvalue weighted by atomic mass is 10.1. The highest BCUT2D eigenvalue weighted by Crippen LogP contribution is 2.32. The molecule has 1 saturated heterocycles. The number of carbonyl (C=O) groups excluding carboxylic acids is 1. The Morgan fingerprint density at radius 3 is 3.04 bits per heavy atom. The zero-order chi connectivity index (χ0) is 17.6. The molecule has 0 aliphatic carbocycles. The Hall–Kier alpha value is -2.34. The molecular weight excluding hydrogens is 318 g/mol. The fourth-order valence-electron chi connectivity index (χ4n) is 3.20. The molecule has 1 unspecified atom stereocenters. The molecule has 1 N–H and O–H groups in total. The number of H-pyrrole nitrogens is 1. The van der Waals surface area contributed by atoms with Gasteiger partial charge in [-0.15, -0.1) is 0 Å². The number of rotatable bonds is 7. The lowest BCUT2D eigenvalue weighted by Crippen LogP contribution is -2.33. The molecule has 3 rings (SSSR count). The van der Waals surface area contributed by atoms with Crippen LogP contribution in [0.4, 0.5) is 0 Å². The first-order chi connectivity index (χ1) is 12.2. The molecule has 1 amide bonds. The SMILES string of the molecule is CCCOc1cccc(CC(=O)N2C[C@H](OC)CC2c2ncc[nH]2)c1. The number of methoxy groups -OCH3 is 1. The molecule has 25 heavy (non-hydrogen) atoms. The minimum atomic E-state index is -0.0630. The molecule has 0 saturated carbocycles. The van der Waals surface area contributed by atoms with Gasteiger partial charge in [-0.25, -0.2) is 4.98 Å². The van der Waals surface area contributed by atoms with Crippen molar-refractivity contribution in [3.8, 4) is 5.75 Å². The van der Waals surface area contributed by atoms with E-state index < -0.39 is 0 Å². The molecule has 0 bridgehead atoms. The second-order valence-corrected chi connectivity index (χ2v) is 6.30. The molecule has 2 aromatic rings. The van der Waals surface area contributed by atoms with Crippen LogP contribution in [0.2, 0.25) is 0 Å².